The molecule has 21 heteroatoms. The number of hydrogen-bond donors (Lipinski definition) is 2. The molecule has 0 aliphatic heterocycles. The third kappa shape index (κ3) is 13.0. The first-order valence-corrected chi connectivity index (χ1v) is 18.5. The first-order valence-electron chi connectivity index (χ1n) is 14.8. The van der Waals surface area contributed by atoms with Gasteiger partial charge in [0.2, 0.25) is 0 Å². The number of rotatable bonds is 10. The molecule has 2 aromatic heterocycles. The van der Waals surface area contributed by atoms with Crippen LogP contribution in [0.15, 0.2) is 126 Å². The topological polar surface area (TPSA) is 278 Å². The Morgan fingerprint density at radius 2 is 0.945 bits per heavy atom. The van der Waals surface area contributed by atoms with E-state index in [9.17, 15) is 27.0 Å². The van der Waals surface area contributed by atoms with Gasteiger partial charge in [-0.3, -0.25) is 19.4 Å². The molecule has 0 amide bonds. The van der Waals surface area contributed by atoms with Crippen LogP contribution in [0, 0.1) is 13.8 Å². The average Bonchev–Trinajstić information content (AvgIpc) is 3.71. The number of anilines is 2. The van der Waals surface area contributed by atoms with Crippen LogP contribution in [-0.4, -0.2) is 50.5 Å². The molecule has 0 saturated carbocycles. The van der Waals surface area contributed by atoms with Crippen molar-refractivity contribution in [2.45, 2.75) is 23.6 Å². The van der Waals surface area contributed by atoms with Gasteiger partial charge in [-0.15, -0.1) is 0 Å². The van der Waals surface area contributed by atoms with E-state index in [1.807, 2.05) is 0 Å². The minimum Gasteiger partial charge on any atom is -0.872 e. The fraction of sp³-hybridized carbons (Fsp3) is 0.0588. The number of sulfonamides is 2. The molecule has 0 fully saturated rings. The molecule has 6 N–H and O–H groups in total. The van der Waals surface area contributed by atoms with Crippen molar-refractivity contribution in [1.29, 1.82) is 0 Å². The number of aromatic nitrogens is 2. The summed E-state index contributed by atoms with van der Waals surface area (Å²) in [4.78, 5) is 8.42. The van der Waals surface area contributed by atoms with Gasteiger partial charge >= 0.3 is 19.5 Å². The number of hydrogen-bond acceptors (Lipinski definition) is 12. The number of benzene rings is 4. The summed E-state index contributed by atoms with van der Waals surface area (Å²) >= 11 is 11.7. The van der Waals surface area contributed by atoms with Crippen LogP contribution < -0.4 is 19.7 Å². The Labute approximate surface area is 338 Å². The number of nitrogens with zero attached hydrogens (tertiary/aromatic N) is 4. The number of aryl methyl sites for hydroxylation is 2. The molecule has 6 aromatic rings. The second-order valence-corrected chi connectivity index (χ2v) is 15.0. The summed E-state index contributed by atoms with van der Waals surface area (Å²) in [7, 11) is -7.58. The summed E-state index contributed by atoms with van der Waals surface area (Å²) in [5.41, 5.74) is 1.66. The van der Waals surface area contributed by atoms with Crippen molar-refractivity contribution in [2.75, 3.05) is 9.44 Å². The molecule has 0 atom stereocenters. The monoisotopic (exact) mass is 880 g/mol. The van der Waals surface area contributed by atoms with Crippen molar-refractivity contribution in [3.63, 3.8) is 0 Å². The fourth-order valence-electron chi connectivity index (χ4n) is 4.17. The van der Waals surface area contributed by atoms with Gasteiger partial charge in [-0.05, 0) is 97.8 Å². The van der Waals surface area contributed by atoms with Crippen molar-refractivity contribution in [2.24, 2.45) is 9.98 Å². The Kier molecular flexibility index (Phi) is 16.7. The molecular weight excluding hydrogens is 853 g/mol. The Bertz CT molecular complexity index is 2310. The normalized spacial score (nSPS) is 11.1. The van der Waals surface area contributed by atoms with E-state index in [0.717, 1.165) is 0 Å². The molecule has 2 heterocycles. The predicted molar refractivity (Wildman–Crippen MR) is 201 cm³/mol. The van der Waals surface area contributed by atoms with E-state index < -0.39 is 20.0 Å². The van der Waals surface area contributed by atoms with E-state index >= 15 is 0 Å². The number of halogens is 2. The largest absolute Gasteiger partial charge is 2.00 e. The van der Waals surface area contributed by atoms with Crippen LogP contribution in [0.25, 0.3) is 0 Å². The number of nitrogens with one attached hydrogen (secondary N) is 2. The van der Waals surface area contributed by atoms with Crippen LogP contribution in [0.2, 0.25) is 10.0 Å². The van der Waals surface area contributed by atoms with Gasteiger partial charge in [0.15, 0.2) is 11.6 Å². The Balaban J connectivity index is 0.000000360. The van der Waals surface area contributed by atoms with Crippen molar-refractivity contribution in [3.8, 4) is 11.5 Å². The second-order valence-electron chi connectivity index (χ2n) is 10.7. The molecule has 0 unspecified atom stereocenters. The van der Waals surface area contributed by atoms with Gasteiger partial charge in [0.25, 0.3) is 20.0 Å². The second kappa shape index (κ2) is 20.0. The summed E-state index contributed by atoms with van der Waals surface area (Å²) in [5, 5.41) is 31.5. The van der Waals surface area contributed by atoms with Gasteiger partial charge in [-0.1, -0.05) is 57.1 Å². The summed E-state index contributed by atoms with van der Waals surface area (Å²) < 4.78 is 63.5. The molecule has 0 spiro atoms. The zero-order valence-corrected chi connectivity index (χ0v) is 34.8. The van der Waals surface area contributed by atoms with Crippen LogP contribution in [0.3, 0.4) is 0 Å². The van der Waals surface area contributed by atoms with Crippen LogP contribution in [0.5, 0.6) is 11.5 Å². The molecule has 6 rings (SSSR count). The van der Waals surface area contributed by atoms with E-state index in [0.29, 0.717) is 44.1 Å². The molecular formula is C34H30Cl2N6O10S2Zn. The zero-order valence-electron chi connectivity index (χ0n) is 28.7. The molecule has 55 heavy (non-hydrogen) atoms. The average molecular weight is 883 g/mol. The summed E-state index contributed by atoms with van der Waals surface area (Å²) in [6, 6.07) is 23.4. The third-order valence-corrected chi connectivity index (χ3v) is 9.89. The molecule has 16 nitrogen and oxygen atoms in total. The van der Waals surface area contributed by atoms with Crippen molar-refractivity contribution < 1.29 is 66.5 Å². The van der Waals surface area contributed by atoms with Gasteiger partial charge in [0.1, 0.15) is 11.5 Å². The van der Waals surface area contributed by atoms with E-state index in [2.05, 4.69) is 29.7 Å². The van der Waals surface area contributed by atoms with E-state index in [4.69, 9.17) is 32.2 Å². The third-order valence-electron chi connectivity index (χ3n) is 6.68. The van der Waals surface area contributed by atoms with Crippen molar-refractivity contribution in [1.82, 2.24) is 10.3 Å². The quantitative estimate of drug-likeness (QED) is 0.139. The molecule has 0 saturated heterocycles. The predicted octanol–water partition coefficient (Wildman–Crippen LogP) is 4.87. The van der Waals surface area contributed by atoms with Crippen LogP contribution in [-0.2, 0) is 39.5 Å². The fourth-order valence-corrected chi connectivity index (χ4v) is 6.50. The van der Waals surface area contributed by atoms with E-state index in [-0.39, 0.29) is 63.4 Å². The molecule has 0 bridgehead atoms. The Hall–Kier alpha value is -5.14. The van der Waals surface area contributed by atoms with E-state index in [1.54, 1.807) is 13.8 Å². The van der Waals surface area contributed by atoms with Crippen molar-refractivity contribution in [3.05, 3.63) is 130 Å². The van der Waals surface area contributed by atoms with Gasteiger partial charge in [0, 0.05) is 34.6 Å². The maximum absolute atomic E-state index is 12.3. The Morgan fingerprint density at radius 1 is 0.600 bits per heavy atom. The molecule has 0 aliphatic carbocycles. The smallest absolute Gasteiger partial charge is 0.872 e. The SMILES string of the molecule is Cc1cc(NS(=O)(=O)c2ccc(N=Cc3cc(Cl)ccc3[O-])cc2)no1.Cc1cc(NS(=O)(=O)c2ccc(N=Cc3cc(Cl)ccc3[O-])cc2)no1.O.O.[Zn+2]. The minimum absolute atomic E-state index is 0. The van der Waals surface area contributed by atoms with Crippen LogP contribution in [0.1, 0.15) is 22.6 Å². The van der Waals surface area contributed by atoms with Gasteiger partial charge in [-0.2, -0.15) is 0 Å². The molecule has 284 valence electrons. The first-order chi connectivity index (χ1) is 24.7. The first kappa shape index (κ1) is 46.0. The maximum atomic E-state index is 12.3. The van der Waals surface area contributed by atoms with Gasteiger partial charge in [0.05, 0.1) is 21.2 Å². The molecule has 4 aromatic carbocycles. The zero-order chi connectivity index (χ0) is 37.5. The molecule has 0 radical (unpaired) electrons. The standard InChI is InChI=1S/2C17H14ClN3O4S.2H2O.Zn/c2*1-11-8-17(20-25-11)21-26(23,24)15-5-3-14(4-6-15)19-10-12-9-13(18)2-7-16(12)22;;;/h2*2-10,22H,1H3,(H,20,21);2*1H2;/q;;;;+2/p-2. The minimum atomic E-state index is -3.79. The number of aliphatic imine (C=N–C) groups is 2. The Morgan fingerprint density at radius 3 is 1.25 bits per heavy atom. The van der Waals surface area contributed by atoms with Crippen molar-refractivity contribution >= 4 is 78.7 Å². The molecule has 0 aliphatic rings. The van der Waals surface area contributed by atoms with Crippen LogP contribution in [0.4, 0.5) is 23.0 Å². The van der Waals surface area contributed by atoms with Crippen LogP contribution >= 0.6 is 23.2 Å². The summed E-state index contributed by atoms with van der Waals surface area (Å²) in [5.74, 6) is 0.785. The van der Waals surface area contributed by atoms with E-state index in [1.165, 1.54) is 109 Å². The van der Waals surface area contributed by atoms with Gasteiger partial charge < -0.3 is 30.2 Å². The van der Waals surface area contributed by atoms with Gasteiger partial charge in [-0.25, -0.2) is 16.8 Å². The summed E-state index contributed by atoms with van der Waals surface area (Å²) in [6.07, 6.45) is 2.77. The summed E-state index contributed by atoms with van der Waals surface area (Å²) in [6.45, 7) is 3.32. The maximum Gasteiger partial charge on any atom is 2.00 e.